The minimum Gasteiger partial charge on any atom is -0.493 e. The largest absolute Gasteiger partial charge is 0.493 e. The molecule has 1 atom stereocenters. The van der Waals surface area contributed by atoms with Crippen molar-refractivity contribution in [3.63, 3.8) is 0 Å². The van der Waals surface area contributed by atoms with Crippen molar-refractivity contribution >= 4 is 11.6 Å². The van der Waals surface area contributed by atoms with Crippen LogP contribution in [0.5, 0.6) is 11.5 Å². The molecule has 1 heterocycles. The lowest BCUT2D eigenvalue weighted by atomic mass is 9.91. The molecule has 0 saturated carbocycles. The van der Waals surface area contributed by atoms with Gasteiger partial charge in [-0.05, 0) is 38.3 Å². The second kappa shape index (κ2) is 6.44. The van der Waals surface area contributed by atoms with E-state index in [0.717, 1.165) is 25.9 Å². The predicted octanol–water partition coefficient (Wildman–Crippen LogP) is 3.04. The molecule has 1 unspecified atom stereocenters. The van der Waals surface area contributed by atoms with Crippen molar-refractivity contribution in [2.24, 2.45) is 5.92 Å². The van der Waals surface area contributed by atoms with Gasteiger partial charge in [-0.15, -0.1) is 0 Å². The molecule has 0 spiro atoms. The summed E-state index contributed by atoms with van der Waals surface area (Å²) < 4.78 is 24.7. The summed E-state index contributed by atoms with van der Waals surface area (Å²) in [5, 5.41) is 3.41. The smallest absolute Gasteiger partial charge is 0.166 e. The Labute approximate surface area is 118 Å². The number of nitrogens with one attached hydrogen (secondary N) is 1. The van der Waals surface area contributed by atoms with E-state index in [1.807, 2.05) is 0 Å². The van der Waals surface area contributed by atoms with Crippen LogP contribution < -0.4 is 14.8 Å². The van der Waals surface area contributed by atoms with E-state index in [4.69, 9.17) is 21.1 Å². The van der Waals surface area contributed by atoms with Crippen LogP contribution in [-0.2, 0) is 6.42 Å². The summed E-state index contributed by atoms with van der Waals surface area (Å²) in [5.74, 6) is 0.938. The third-order valence-corrected chi connectivity index (χ3v) is 3.82. The molecule has 1 aromatic rings. The van der Waals surface area contributed by atoms with Gasteiger partial charge < -0.3 is 14.8 Å². The van der Waals surface area contributed by atoms with Gasteiger partial charge in [0.25, 0.3) is 0 Å². The fraction of sp³-hybridized carbons (Fsp3) is 0.571. The van der Waals surface area contributed by atoms with Crippen molar-refractivity contribution < 1.29 is 13.9 Å². The number of halogens is 2. The molecule has 106 valence electrons. The van der Waals surface area contributed by atoms with Gasteiger partial charge in [-0.1, -0.05) is 11.6 Å². The Kier molecular flexibility index (Phi) is 4.88. The zero-order chi connectivity index (χ0) is 13.8. The highest BCUT2D eigenvalue weighted by atomic mass is 35.5. The van der Waals surface area contributed by atoms with Gasteiger partial charge in [0.05, 0.1) is 19.2 Å². The van der Waals surface area contributed by atoms with E-state index in [9.17, 15) is 4.39 Å². The number of hydrogen-bond donors (Lipinski definition) is 1. The molecular weight excluding hydrogens is 269 g/mol. The number of benzene rings is 1. The highest BCUT2D eigenvalue weighted by Gasteiger charge is 2.23. The van der Waals surface area contributed by atoms with Crippen LogP contribution in [0.1, 0.15) is 18.4 Å². The molecule has 1 aliphatic heterocycles. The molecule has 0 amide bonds. The van der Waals surface area contributed by atoms with Crippen LogP contribution in [0.15, 0.2) is 6.07 Å². The Hall–Kier alpha value is -1.00. The normalized spacial score (nSPS) is 19.3. The molecule has 1 aromatic carbocycles. The number of ether oxygens (including phenoxy) is 2. The maximum absolute atomic E-state index is 14.2. The Balaban J connectivity index is 2.33. The summed E-state index contributed by atoms with van der Waals surface area (Å²) in [5.41, 5.74) is 0.514. The van der Waals surface area contributed by atoms with Crippen LogP contribution in [0.2, 0.25) is 5.02 Å². The third kappa shape index (κ3) is 3.12. The molecule has 19 heavy (non-hydrogen) atoms. The van der Waals surface area contributed by atoms with Crippen LogP contribution in [0.4, 0.5) is 4.39 Å². The second-order valence-electron chi connectivity index (χ2n) is 4.80. The molecule has 1 fully saturated rings. The first kappa shape index (κ1) is 14.4. The monoisotopic (exact) mass is 287 g/mol. The van der Waals surface area contributed by atoms with Crippen LogP contribution in [0.3, 0.4) is 0 Å². The average molecular weight is 288 g/mol. The summed E-state index contributed by atoms with van der Waals surface area (Å²) in [6, 6.07) is 1.46. The first-order valence-corrected chi connectivity index (χ1v) is 6.84. The Bertz CT molecular complexity index is 448. The Morgan fingerprint density at radius 1 is 1.42 bits per heavy atom. The zero-order valence-corrected chi connectivity index (χ0v) is 12.0. The minimum absolute atomic E-state index is 0.0800. The number of hydrogen-bond acceptors (Lipinski definition) is 3. The maximum Gasteiger partial charge on any atom is 0.166 e. The van der Waals surface area contributed by atoms with Crippen molar-refractivity contribution in [1.82, 2.24) is 5.32 Å². The highest BCUT2D eigenvalue weighted by molar-refractivity contribution is 6.31. The molecule has 0 radical (unpaired) electrons. The maximum atomic E-state index is 14.2. The first-order chi connectivity index (χ1) is 9.17. The molecule has 0 aromatic heterocycles. The summed E-state index contributed by atoms with van der Waals surface area (Å²) in [6.07, 6.45) is 2.82. The van der Waals surface area contributed by atoms with E-state index in [-0.39, 0.29) is 5.02 Å². The zero-order valence-electron chi connectivity index (χ0n) is 11.3. The van der Waals surface area contributed by atoms with Gasteiger partial charge in [-0.25, -0.2) is 4.39 Å². The highest BCUT2D eigenvalue weighted by Crippen LogP contribution is 2.38. The molecule has 5 heteroatoms. The average Bonchev–Trinajstić information content (AvgIpc) is 2.44. The number of methoxy groups -OCH3 is 2. The van der Waals surface area contributed by atoms with Gasteiger partial charge >= 0.3 is 0 Å². The van der Waals surface area contributed by atoms with Crippen LogP contribution in [-0.4, -0.2) is 27.3 Å². The van der Waals surface area contributed by atoms with Crippen molar-refractivity contribution in [2.45, 2.75) is 19.3 Å². The molecular formula is C14H19ClFNO2. The first-order valence-electron chi connectivity index (χ1n) is 6.47. The van der Waals surface area contributed by atoms with Crippen molar-refractivity contribution in [3.8, 4) is 11.5 Å². The second-order valence-corrected chi connectivity index (χ2v) is 5.21. The van der Waals surface area contributed by atoms with Crippen molar-refractivity contribution in [2.75, 3.05) is 27.3 Å². The van der Waals surface area contributed by atoms with Gasteiger partial charge in [0.1, 0.15) is 5.82 Å². The topological polar surface area (TPSA) is 30.5 Å². The van der Waals surface area contributed by atoms with Crippen molar-refractivity contribution in [3.05, 3.63) is 22.5 Å². The Morgan fingerprint density at radius 2 is 2.21 bits per heavy atom. The van der Waals surface area contributed by atoms with Gasteiger partial charge in [0.15, 0.2) is 11.5 Å². The van der Waals surface area contributed by atoms with E-state index in [2.05, 4.69) is 5.32 Å². The predicted molar refractivity (Wildman–Crippen MR) is 73.8 cm³/mol. The molecule has 1 saturated heterocycles. The molecule has 1 N–H and O–H groups in total. The number of piperidine rings is 1. The fourth-order valence-electron chi connectivity index (χ4n) is 2.58. The van der Waals surface area contributed by atoms with Gasteiger partial charge in [0.2, 0.25) is 0 Å². The van der Waals surface area contributed by atoms with E-state index >= 15 is 0 Å². The van der Waals surface area contributed by atoms with Crippen LogP contribution >= 0.6 is 11.6 Å². The molecule has 0 bridgehead atoms. The van der Waals surface area contributed by atoms with Crippen molar-refractivity contribution in [1.29, 1.82) is 0 Å². The molecule has 0 aliphatic carbocycles. The number of rotatable bonds is 4. The lowest BCUT2D eigenvalue weighted by molar-refractivity contribution is 0.334. The van der Waals surface area contributed by atoms with Crippen LogP contribution in [0, 0.1) is 11.7 Å². The van der Waals surface area contributed by atoms with Gasteiger partial charge in [0, 0.05) is 11.6 Å². The molecule has 1 aliphatic rings. The SMILES string of the molecule is COc1cc(Cl)c(F)c(CC2CCCNC2)c1OC. The summed E-state index contributed by atoms with van der Waals surface area (Å²) in [6.45, 7) is 1.94. The summed E-state index contributed by atoms with van der Waals surface area (Å²) in [7, 11) is 3.05. The van der Waals surface area contributed by atoms with E-state index in [0.29, 0.717) is 29.4 Å². The van der Waals surface area contributed by atoms with Crippen LogP contribution in [0.25, 0.3) is 0 Å². The lowest BCUT2D eigenvalue weighted by Crippen LogP contribution is -2.31. The Morgan fingerprint density at radius 3 is 2.79 bits per heavy atom. The van der Waals surface area contributed by atoms with E-state index < -0.39 is 5.82 Å². The fourth-order valence-corrected chi connectivity index (χ4v) is 2.79. The molecule has 3 nitrogen and oxygen atoms in total. The van der Waals surface area contributed by atoms with E-state index in [1.54, 1.807) is 0 Å². The molecule has 2 rings (SSSR count). The van der Waals surface area contributed by atoms with Gasteiger partial charge in [-0.3, -0.25) is 0 Å². The third-order valence-electron chi connectivity index (χ3n) is 3.55. The lowest BCUT2D eigenvalue weighted by Gasteiger charge is -2.24. The summed E-state index contributed by atoms with van der Waals surface area (Å²) >= 11 is 5.92. The summed E-state index contributed by atoms with van der Waals surface area (Å²) in [4.78, 5) is 0. The standard InChI is InChI=1S/C14H19ClFNO2/c1-18-12-7-11(15)13(16)10(14(12)19-2)6-9-4-3-5-17-8-9/h7,9,17H,3-6,8H2,1-2H3. The quantitative estimate of drug-likeness (QED) is 0.923. The van der Waals surface area contributed by atoms with Gasteiger partial charge in [-0.2, -0.15) is 0 Å². The minimum atomic E-state index is -0.398. The van der Waals surface area contributed by atoms with E-state index in [1.165, 1.54) is 20.3 Å².